The number of nitrogens with zero attached hydrogens (tertiary/aromatic N) is 5. The molecular weight excluding hydrogens is 260 g/mol. The Bertz CT molecular complexity index is 469. The zero-order valence-corrected chi connectivity index (χ0v) is 12.4. The fraction of sp³-hybridized carbons (Fsp3) is 0.667. The molecule has 1 aromatic rings. The summed E-state index contributed by atoms with van der Waals surface area (Å²) in [5.74, 6) is 0.714. The van der Waals surface area contributed by atoms with Crippen LogP contribution >= 0.6 is 12.2 Å². The minimum absolute atomic E-state index is 0.149. The summed E-state index contributed by atoms with van der Waals surface area (Å²) < 4.78 is 0. The van der Waals surface area contributed by atoms with Crippen LogP contribution < -0.4 is 10.6 Å². The molecule has 104 valence electrons. The molecule has 2 N–H and O–H groups in total. The Labute approximate surface area is 119 Å². The molecule has 1 aromatic heterocycles. The zero-order chi connectivity index (χ0) is 14.0. The number of aromatic nitrogens is 3. The van der Waals surface area contributed by atoms with E-state index in [0.29, 0.717) is 10.9 Å². The molecular formula is C12H20N6S. The van der Waals surface area contributed by atoms with E-state index in [1.807, 2.05) is 20.8 Å². The molecule has 1 saturated heterocycles. The van der Waals surface area contributed by atoms with Crippen molar-refractivity contribution in [3.63, 3.8) is 0 Å². The van der Waals surface area contributed by atoms with Crippen molar-refractivity contribution >= 4 is 23.2 Å². The summed E-state index contributed by atoms with van der Waals surface area (Å²) in [7, 11) is 0. The van der Waals surface area contributed by atoms with Gasteiger partial charge in [0.2, 0.25) is 5.95 Å². The van der Waals surface area contributed by atoms with Crippen LogP contribution in [-0.4, -0.2) is 57.3 Å². The van der Waals surface area contributed by atoms with Crippen molar-refractivity contribution in [1.29, 1.82) is 0 Å². The highest BCUT2D eigenvalue weighted by Gasteiger charge is 2.24. The third-order valence-electron chi connectivity index (χ3n) is 3.64. The van der Waals surface area contributed by atoms with Crippen molar-refractivity contribution in [2.24, 2.45) is 5.73 Å². The van der Waals surface area contributed by atoms with Crippen LogP contribution in [0.2, 0.25) is 0 Å². The summed E-state index contributed by atoms with van der Waals surface area (Å²) in [6.45, 7) is 9.49. The maximum atomic E-state index is 5.69. The van der Waals surface area contributed by atoms with E-state index in [9.17, 15) is 0 Å². The molecule has 1 atom stereocenters. The molecule has 0 aliphatic carbocycles. The molecule has 1 unspecified atom stereocenters. The number of hydrogen-bond donors (Lipinski definition) is 1. The Balaban J connectivity index is 1.99. The molecule has 2 heterocycles. The number of anilines is 1. The van der Waals surface area contributed by atoms with Crippen LogP contribution in [0.1, 0.15) is 18.3 Å². The number of rotatable bonds is 3. The molecule has 19 heavy (non-hydrogen) atoms. The average Bonchev–Trinajstić information content (AvgIpc) is 2.41. The van der Waals surface area contributed by atoms with Crippen LogP contribution in [-0.2, 0) is 0 Å². The topological polar surface area (TPSA) is 71.2 Å². The predicted octanol–water partition coefficient (Wildman–Crippen LogP) is 0.285. The number of piperazine rings is 1. The molecule has 0 radical (unpaired) electrons. The quantitative estimate of drug-likeness (QED) is 0.798. The number of thiocarbonyl (C=S) groups is 1. The first-order valence-corrected chi connectivity index (χ1v) is 6.86. The van der Waals surface area contributed by atoms with Crippen molar-refractivity contribution in [2.75, 3.05) is 31.1 Å². The lowest BCUT2D eigenvalue weighted by Crippen LogP contribution is -2.53. The molecule has 0 saturated carbocycles. The van der Waals surface area contributed by atoms with Crippen molar-refractivity contribution < 1.29 is 0 Å². The lowest BCUT2D eigenvalue weighted by atomic mass is 10.2. The van der Waals surface area contributed by atoms with Gasteiger partial charge >= 0.3 is 0 Å². The first-order chi connectivity index (χ1) is 8.99. The van der Waals surface area contributed by atoms with Gasteiger partial charge in [0.25, 0.3) is 0 Å². The summed E-state index contributed by atoms with van der Waals surface area (Å²) in [6.07, 6.45) is 0. The van der Waals surface area contributed by atoms with E-state index in [4.69, 9.17) is 18.0 Å². The second kappa shape index (κ2) is 5.75. The summed E-state index contributed by atoms with van der Waals surface area (Å²) >= 11 is 5.04. The maximum Gasteiger partial charge on any atom is 0.245 e. The monoisotopic (exact) mass is 280 g/mol. The second-order valence-electron chi connectivity index (χ2n) is 4.88. The third kappa shape index (κ3) is 3.16. The van der Waals surface area contributed by atoms with Gasteiger partial charge in [-0.3, -0.25) is 4.90 Å². The van der Waals surface area contributed by atoms with Gasteiger partial charge in [0.15, 0.2) is 0 Å². The van der Waals surface area contributed by atoms with Gasteiger partial charge in [-0.2, -0.15) is 5.10 Å². The Morgan fingerprint density at radius 1 is 1.16 bits per heavy atom. The van der Waals surface area contributed by atoms with Gasteiger partial charge in [0, 0.05) is 26.2 Å². The van der Waals surface area contributed by atoms with Crippen molar-refractivity contribution in [2.45, 2.75) is 26.8 Å². The molecule has 1 fully saturated rings. The Morgan fingerprint density at radius 3 is 2.32 bits per heavy atom. The third-order valence-corrected chi connectivity index (χ3v) is 3.98. The van der Waals surface area contributed by atoms with E-state index in [2.05, 4.69) is 25.0 Å². The molecule has 0 amide bonds. The van der Waals surface area contributed by atoms with E-state index < -0.39 is 0 Å². The van der Waals surface area contributed by atoms with E-state index >= 15 is 0 Å². The summed E-state index contributed by atoms with van der Waals surface area (Å²) in [6, 6.07) is 0.149. The van der Waals surface area contributed by atoms with Gasteiger partial charge < -0.3 is 10.6 Å². The fourth-order valence-corrected chi connectivity index (χ4v) is 2.22. The van der Waals surface area contributed by atoms with Crippen LogP contribution in [0.15, 0.2) is 0 Å². The van der Waals surface area contributed by atoms with Crippen molar-refractivity contribution in [3.05, 3.63) is 11.4 Å². The lowest BCUT2D eigenvalue weighted by Gasteiger charge is -2.37. The first-order valence-electron chi connectivity index (χ1n) is 6.45. The van der Waals surface area contributed by atoms with Gasteiger partial charge in [-0.05, 0) is 20.8 Å². The van der Waals surface area contributed by atoms with Crippen LogP contribution in [0, 0.1) is 13.8 Å². The highest BCUT2D eigenvalue weighted by atomic mass is 32.1. The highest BCUT2D eigenvalue weighted by Crippen LogP contribution is 2.13. The van der Waals surface area contributed by atoms with Crippen molar-refractivity contribution in [3.8, 4) is 0 Å². The van der Waals surface area contributed by atoms with E-state index in [1.54, 1.807) is 0 Å². The summed E-state index contributed by atoms with van der Waals surface area (Å²) in [5, 5.41) is 8.29. The van der Waals surface area contributed by atoms with Gasteiger partial charge in [-0.1, -0.05) is 12.2 Å². The van der Waals surface area contributed by atoms with Crippen molar-refractivity contribution in [1.82, 2.24) is 20.1 Å². The molecule has 0 bridgehead atoms. The molecule has 0 spiro atoms. The van der Waals surface area contributed by atoms with Crippen LogP contribution in [0.4, 0.5) is 5.95 Å². The second-order valence-corrected chi connectivity index (χ2v) is 5.36. The zero-order valence-electron chi connectivity index (χ0n) is 11.6. The van der Waals surface area contributed by atoms with E-state index in [0.717, 1.165) is 37.6 Å². The number of aryl methyl sites for hydroxylation is 2. The van der Waals surface area contributed by atoms with E-state index in [-0.39, 0.29) is 6.04 Å². The largest absolute Gasteiger partial charge is 0.392 e. The molecule has 2 rings (SSSR count). The van der Waals surface area contributed by atoms with Crippen LogP contribution in [0.3, 0.4) is 0 Å². The molecule has 6 nitrogen and oxygen atoms in total. The SMILES string of the molecule is Cc1nnc(N2CCN(C(C)C(N)=S)CC2)nc1C. The molecule has 1 aliphatic rings. The van der Waals surface area contributed by atoms with Gasteiger partial charge in [0.05, 0.1) is 22.4 Å². The predicted molar refractivity (Wildman–Crippen MR) is 79.3 cm³/mol. The Hall–Kier alpha value is -1.34. The highest BCUT2D eigenvalue weighted by molar-refractivity contribution is 7.80. The molecule has 0 aromatic carbocycles. The van der Waals surface area contributed by atoms with Crippen LogP contribution in [0.25, 0.3) is 0 Å². The molecule has 7 heteroatoms. The normalized spacial score (nSPS) is 18.4. The van der Waals surface area contributed by atoms with Gasteiger partial charge in [-0.25, -0.2) is 4.98 Å². The minimum Gasteiger partial charge on any atom is -0.392 e. The minimum atomic E-state index is 0.149. The fourth-order valence-electron chi connectivity index (χ4n) is 2.07. The summed E-state index contributed by atoms with van der Waals surface area (Å²) in [5.41, 5.74) is 7.50. The van der Waals surface area contributed by atoms with Gasteiger partial charge in [0.1, 0.15) is 0 Å². The average molecular weight is 280 g/mol. The standard InChI is InChI=1S/C12H20N6S/c1-8-9(2)15-16-12(14-8)18-6-4-17(5-7-18)10(3)11(13)19/h10H,4-7H2,1-3H3,(H2,13,19). The van der Waals surface area contributed by atoms with Crippen LogP contribution in [0.5, 0.6) is 0 Å². The smallest absolute Gasteiger partial charge is 0.245 e. The lowest BCUT2D eigenvalue weighted by molar-refractivity contribution is 0.238. The Kier molecular flexibility index (Phi) is 4.26. The molecule has 1 aliphatic heterocycles. The van der Waals surface area contributed by atoms with E-state index in [1.165, 1.54) is 0 Å². The van der Waals surface area contributed by atoms with Gasteiger partial charge in [-0.15, -0.1) is 5.10 Å². The first kappa shape index (κ1) is 14.1. The Morgan fingerprint density at radius 2 is 1.79 bits per heavy atom. The number of hydrogen-bond acceptors (Lipinski definition) is 6. The number of nitrogens with two attached hydrogens (primary N) is 1. The summed E-state index contributed by atoms with van der Waals surface area (Å²) in [4.78, 5) is 9.48. The maximum absolute atomic E-state index is 5.69.